The van der Waals surface area contributed by atoms with Crippen LogP contribution in [0.25, 0.3) is 0 Å². The number of aromatic nitrogens is 2. The molecule has 0 N–H and O–H groups in total. The summed E-state index contributed by atoms with van der Waals surface area (Å²) in [5, 5.41) is 4.27. The molecular formula is C17H27N3O2. The molecule has 0 aromatic carbocycles. The molecule has 1 aliphatic carbocycles. The molecule has 2 aliphatic heterocycles. The maximum Gasteiger partial charge on any atom is 0.0813 e. The van der Waals surface area contributed by atoms with E-state index >= 15 is 0 Å². The molecule has 122 valence electrons. The van der Waals surface area contributed by atoms with Gasteiger partial charge < -0.3 is 9.47 Å². The molecule has 4 rings (SSSR count). The van der Waals surface area contributed by atoms with E-state index in [1.54, 1.807) is 0 Å². The van der Waals surface area contributed by atoms with Gasteiger partial charge in [-0.1, -0.05) is 0 Å². The lowest BCUT2D eigenvalue weighted by Gasteiger charge is -2.35. The molecule has 3 atom stereocenters. The Balaban J connectivity index is 1.26. The van der Waals surface area contributed by atoms with Crippen LogP contribution in [-0.2, 0) is 23.1 Å². The van der Waals surface area contributed by atoms with Crippen molar-refractivity contribution in [3.05, 3.63) is 18.0 Å². The molecule has 0 unspecified atom stereocenters. The normalized spacial score (nSPS) is 32.3. The Morgan fingerprint density at radius 3 is 2.91 bits per heavy atom. The lowest BCUT2D eigenvalue weighted by Crippen LogP contribution is -2.43. The van der Waals surface area contributed by atoms with E-state index in [-0.39, 0.29) is 0 Å². The summed E-state index contributed by atoms with van der Waals surface area (Å²) in [5.74, 6) is 0.845. The molecule has 3 heterocycles. The molecule has 0 bridgehead atoms. The van der Waals surface area contributed by atoms with Crippen LogP contribution < -0.4 is 0 Å². The molecule has 1 aromatic heterocycles. The van der Waals surface area contributed by atoms with E-state index < -0.39 is 0 Å². The second-order valence-electron chi connectivity index (χ2n) is 7.20. The highest BCUT2D eigenvalue weighted by atomic mass is 16.5. The van der Waals surface area contributed by atoms with E-state index in [1.165, 1.54) is 24.8 Å². The minimum Gasteiger partial charge on any atom is -0.378 e. The summed E-state index contributed by atoms with van der Waals surface area (Å²) in [7, 11) is 1.98. The first-order valence-corrected chi connectivity index (χ1v) is 8.72. The number of hydrogen-bond acceptors (Lipinski definition) is 4. The van der Waals surface area contributed by atoms with Gasteiger partial charge in [0.2, 0.25) is 0 Å². The predicted molar refractivity (Wildman–Crippen MR) is 83.5 cm³/mol. The van der Waals surface area contributed by atoms with E-state index in [9.17, 15) is 0 Å². The van der Waals surface area contributed by atoms with Crippen molar-refractivity contribution in [2.75, 3.05) is 19.8 Å². The Morgan fingerprint density at radius 2 is 2.14 bits per heavy atom. The van der Waals surface area contributed by atoms with E-state index in [1.807, 2.05) is 17.9 Å². The predicted octanol–water partition coefficient (Wildman–Crippen LogP) is 1.97. The highest BCUT2D eigenvalue weighted by molar-refractivity contribution is 5.05. The van der Waals surface area contributed by atoms with E-state index in [0.29, 0.717) is 18.2 Å². The first-order valence-electron chi connectivity index (χ1n) is 8.72. The first kappa shape index (κ1) is 14.7. The highest BCUT2D eigenvalue weighted by Crippen LogP contribution is 2.33. The molecule has 0 amide bonds. The number of ether oxygens (including phenoxy) is 2. The van der Waals surface area contributed by atoms with Gasteiger partial charge in [-0.2, -0.15) is 5.10 Å². The topological polar surface area (TPSA) is 39.5 Å². The maximum absolute atomic E-state index is 6.30. The van der Waals surface area contributed by atoms with Crippen molar-refractivity contribution >= 4 is 0 Å². The fourth-order valence-corrected chi connectivity index (χ4v) is 3.84. The number of aryl methyl sites for hydroxylation is 1. The quantitative estimate of drug-likeness (QED) is 0.805. The van der Waals surface area contributed by atoms with Crippen LogP contribution in [-0.4, -0.2) is 52.7 Å². The summed E-state index contributed by atoms with van der Waals surface area (Å²) in [6, 6.07) is 0.583. The van der Waals surface area contributed by atoms with E-state index in [2.05, 4.69) is 16.2 Å². The average molecular weight is 305 g/mol. The summed E-state index contributed by atoms with van der Waals surface area (Å²) in [5.41, 5.74) is 1.30. The third kappa shape index (κ3) is 3.36. The van der Waals surface area contributed by atoms with Crippen LogP contribution in [0.4, 0.5) is 0 Å². The Labute approximate surface area is 132 Å². The van der Waals surface area contributed by atoms with E-state index in [0.717, 1.165) is 45.1 Å². The minimum absolute atomic E-state index is 0.318. The largest absolute Gasteiger partial charge is 0.378 e. The summed E-state index contributed by atoms with van der Waals surface area (Å²) in [6.07, 6.45) is 11.1. The molecule has 0 radical (unpaired) electrons. The van der Waals surface area contributed by atoms with Crippen molar-refractivity contribution in [2.24, 2.45) is 13.0 Å². The van der Waals surface area contributed by atoms with Gasteiger partial charge in [-0.3, -0.25) is 9.58 Å². The van der Waals surface area contributed by atoms with Gasteiger partial charge in [0.05, 0.1) is 25.0 Å². The summed E-state index contributed by atoms with van der Waals surface area (Å²) >= 11 is 0. The van der Waals surface area contributed by atoms with Crippen molar-refractivity contribution in [2.45, 2.75) is 56.9 Å². The van der Waals surface area contributed by atoms with Gasteiger partial charge in [0.25, 0.3) is 0 Å². The third-order valence-electron chi connectivity index (χ3n) is 5.25. The van der Waals surface area contributed by atoms with E-state index in [4.69, 9.17) is 9.47 Å². The Morgan fingerprint density at radius 1 is 1.23 bits per heavy atom. The zero-order valence-corrected chi connectivity index (χ0v) is 13.5. The van der Waals surface area contributed by atoms with Crippen molar-refractivity contribution in [1.82, 2.24) is 14.7 Å². The van der Waals surface area contributed by atoms with Crippen molar-refractivity contribution in [3.8, 4) is 0 Å². The molecule has 1 aromatic rings. The number of hydrogen-bond donors (Lipinski definition) is 0. The molecule has 5 nitrogen and oxygen atoms in total. The molecule has 2 saturated heterocycles. The van der Waals surface area contributed by atoms with Gasteiger partial charge >= 0.3 is 0 Å². The molecule has 1 saturated carbocycles. The summed E-state index contributed by atoms with van der Waals surface area (Å²) in [6.45, 7) is 3.88. The molecule has 3 aliphatic rings. The number of likely N-dealkylation sites (tertiary alicyclic amines) is 1. The lowest BCUT2D eigenvalue weighted by atomic mass is 9.99. The number of rotatable bonds is 6. The van der Waals surface area contributed by atoms with Gasteiger partial charge in [-0.25, -0.2) is 0 Å². The zero-order chi connectivity index (χ0) is 14.9. The molecule has 0 spiro atoms. The van der Waals surface area contributed by atoms with Crippen molar-refractivity contribution in [1.29, 1.82) is 0 Å². The SMILES string of the molecule is Cn1cc(CN2CC[C@@H]3O[C@H](COCC4CC4)CC[C@@H]32)cn1. The van der Waals surface area contributed by atoms with Gasteiger partial charge in [-0.15, -0.1) is 0 Å². The average Bonchev–Trinajstić information content (AvgIpc) is 3.12. The van der Waals surface area contributed by atoms with Gasteiger partial charge in [0.15, 0.2) is 0 Å². The van der Waals surface area contributed by atoms with Gasteiger partial charge in [0.1, 0.15) is 0 Å². The standard InChI is InChI=1S/C17H27N3O2/c1-19-9-14(8-18-19)10-20-7-6-17-16(20)5-4-15(22-17)12-21-11-13-2-3-13/h8-9,13,15-17H,2-7,10-12H2,1H3/t15-,16-,17-/m0/s1. The third-order valence-corrected chi connectivity index (χ3v) is 5.25. The first-order chi connectivity index (χ1) is 10.8. The second kappa shape index (κ2) is 6.30. The summed E-state index contributed by atoms with van der Waals surface area (Å²) < 4.78 is 14.0. The van der Waals surface area contributed by atoms with Crippen LogP contribution in [0.2, 0.25) is 0 Å². The zero-order valence-electron chi connectivity index (χ0n) is 13.5. The van der Waals surface area contributed by atoms with Gasteiger partial charge in [-0.05, 0) is 38.0 Å². The fraction of sp³-hybridized carbons (Fsp3) is 0.824. The smallest absolute Gasteiger partial charge is 0.0813 e. The molecule has 22 heavy (non-hydrogen) atoms. The van der Waals surface area contributed by atoms with Crippen molar-refractivity contribution < 1.29 is 9.47 Å². The summed E-state index contributed by atoms with van der Waals surface area (Å²) in [4.78, 5) is 2.57. The van der Waals surface area contributed by atoms with Crippen LogP contribution in [0.5, 0.6) is 0 Å². The maximum atomic E-state index is 6.30. The molecule has 3 fully saturated rings. The van der Waals surface area contributed by atoms with Crippen LogP contribution in [0.15, 0.2) is 12.4 Å². The van der Waals surface area contributed by atoms with Crippen LogP contribution in [0.1, 0.15) is 37.7 Å². The fourth-order valence-electron chi connectivity index (χ4n) is 3.84. The monoisotopic (exact) mass is 305 g/mol. The Hall–Kier alpha value is -0.910. The van der Waals surface area contributed by atoms with Crippen molar-refractivity contribution in [3.63, 3.8) is 0 Å². The lowest BCUT2D eigenvalue weighted by molar-refractivity contribution is -0.101. The number of nitrogens with zero attached hydrogens (tertiary/aromatic N) is 3. The Kier molecular flexibility index (Phi) is 4.20. The van der Waals surface area contributed by atoms with Crippen LogP contribution in [0, 0.1) is 5.92 Å². The minimum atomic E-state index is 0.318. The second-order valence-corrected chi connectivity index (χ2v) is 7.20. The molecular weight excluding hydrogens is 278 g/mol. The Bertz CT molecular complexity index is 500. The van der Waals surface area contributed by atoms with Crippen LogP contribution in [0.3, 0.4) is 0 Å². The highest BCUT2D eigenvalue weighted by Gasteiger charge is 2.39. The number of fused-ring (bicyclic) bond motifs is 1. The van der Waals surface area contributed by atoms with Crippen LogP contribution >= 0.6 is 0 Å². The van der Waals surface area contributed by atoms with Gasteiger partial charge in [0, 0.05) is 44.5 Å². The molecule has 5 heteroatoms.